The van der Waals surface area contributed by atoms with Crippen LogP contribution in [0.5, 0.6) is 17.2 Å². The van der Waals surface area contributed by atoms with Gasteiger partial charge in [0.25, 0.3) is 11.7 Å². The first-order valence-corrected chi connectivity index (χ1v) is 19.8. The molecule has 6 rings (SSSR count). The largest absolute Gasteiger partial charge is 0.507 e. The zero-order chi connectivity index (χ0) is 41.0. The lowest BCUT2D eigenvalue weighted by atomic mass is 9.78. The minimum Gasteiger partial charge on any atom is -0.507 e. The van der Waals surface area contributed by atoms with E-state index >= 15 is 0 Å². The smallest absolute Gasteiger partial charge is 0.312 e. The molecule has 304 valence electrons. The summed E-state index contributed by atoms with van der Waals surface area (Å²) >= 11 is 1.26. The van der Waals surface area contributed by atoms with Gasteiger partial charge in [0.15, 0.2) is 10.9 Å². The number of methoxy groups -OCH3 is 1. The van der Waals surface area contributed by atoms with E-state index in [9.17, 15) is 35.1 Å². The predicted molar refractivity (Wildman–Crippen MR) is 215 cm³/mol. The lowest BCUT2D eigenvalue weighted by Gasteiger charge is -2.36. The van der Waals surface area contributed by atoms with Crippen molar-refractivity contribution in [1.29, 1.82) is 0 Å². The van der Waals surface area contributed by atoms with Gasteiger partial charge in [0.05, 0.1) is 51.8 Å². The van der Waals surface area contributed by atoms with Gasteiger partial charge >= 0.3 is 5.79 Å². The molecule has 1 saturated heterocycles. The summed E-state index contributed by atoms with van der Waals surface area (Å²) in [7, 11) is 3.51. The Balaban J connectivity index is 1.54. The number of phenolic OH excluding ortho intramolecular Hbond substituents is 2. The number of aromatic nitrogens is 1. The van der Waals surface area contributed by atoms with Crippen molar-refractivity contribution in [2.45, 2.75) is 78.7 Å². The maximum Gasteiger partial charge on any atom is 0.312 e. The second-order valence-corrected chi connectivity index (χ2v) is 16.7. The van der Waals surface area contributed by atoms with Crippen LogP contribution in [0.3, 0.4) is 0 Å². The Hall–Kier alpha value is -4.25. The Labute approximate surface area is 330 Å². The van der Waals surface area contributed by atoms with Gasteiger partial charge in [0.2, 0.25) is 0 Å². The number of Topliss-reactive ketones (excluding diaryl/α,β-unsaturated/α-hetero) is 1. The van der Waals surface area contributed by atoms with Gasteiger partial charge in [-0.05, 0) is 27.0 Å². The number of ketones is 1. The van der Waals surface area contributed by atoms with Gasteiger partial charge in [-0.3, -0.25) is 9.59 Å². The Morgan fingerprint density at radius 3 is 2.23 bits per heavy atom. The third-order valence-electron chi connectivity index (χ3n) is 11.9. The van der Waals surface area contributed by atoms with Crippen molar-refractivity contribution < 1.29 is 49.3 Å². The fourth-order valence-electron chi connectivity index (χ4n) is 7.85. The number of anilines is 2. The molecule has 0 spiro atoms. The average molecular weight is 795 g/mol. The van der Waals surface area contributed by atoms with Crippen molar-refractivity contribution in [2.24, 2.45) is 23.7 Å². The maximum absolute atomic E-state index is 14.5. The number of carbonyl (C=O) groups excluding carboxylic acids is 2. The molecule has 3 aliphatic heterocycles. The number of phenols is 2. The van der Waals surface area contributed by atoms with Crippen LogP contribution in [0.4, 0.5) is 10.8 Å². The number of amides is 1. The molecule has 3 aromatic rings. The quantitative estimate of drug-likeness (QED) is 0.193. The van der Waals surface area contributed by atoms with E-state index in [1.807, 2.05) is 7.05 Å². The van der Waals surface area contributed by atoms with E-state index < -0.39 is 71.3 Å². The third-order valence-corrected chi connectivity index (χ3v) is 13.0. The number of benzene rings is 2. The number of ether oxygens (including phenoxy) is 3. The first-order chi connectivity index (χ1) is 26.4. The number of likely N-dealkylation sites (N-methyl/N-ethyl adjacent to an activating group) is 1. The number of hydrogen-bond donors (Lipinski definition) is 6. The zero-order valence-corrected chi connectivity index (χ0v) is 34.2. The topological polar surface area (TPSA) is 194 Å². The third kappa shape index (κ3) is 7.24. The molecule has 14 nitrogen and oxygen atoms in total. The van der Waals surface area contributed by atoms with Crippen LogP contribution in [-0.4, -0.2) is 118 Å². The molecule has 56 heavy (non-hydrogen) atoms. The second kappa shape index (κ2) is 15.9. The van der Waals surface area contributed by atoms with E-state index in [4.69, 9.17) is 19.2 Å². The summed E-state index contributed by atoms with van der Waals surface area (Å²) in [6.07, 6.45) is 3.91. The highest BCUT2D eigenvalue weighted by Gasteiger charge is 2.49. The Morgan fingerprint density at radius 2 is 1.57 bits per heavy atom. The number of nitrogens with zero attached hydrogens (tertiary/aromatic N) is 3. The molecule has 4 bridgehead atoms. The number of rotatable bonds is 2. The minimum atomic E-state index is -1.91. The molecule has 2 aromatic carbocycles. The number of aliphatic hydroxyl groups excluding tert-OH is 3. The minimum absolute atomic E-state index is 0.0344. The fraction of sp³-hybridized carbons (Fsp3) is 0.537. The summed E-state index contributed by atoms with van der Waals surface area (Å²) in [5.74, 6) is -6.05. The van der Waals surface area contributed by atoms with Crippen LogP contribution >= 0.6 is 11.3 Å². The molecule has 9 atom stereocenters. The Kier molecular flexibility index (Phi) is 11.8. The van der Waals surface area contributed by atoms with Gasteiger partial charge in [0.1, 0.15) is 17.2 Å². The van der Waals surface area contributed by atoms with E-state index in [0.717, 1.165) is 13.1 Å². The normalized spacial score (nSPS) is 33.3. The van der Waals surface area contributed by atoms with Gasteiger partial charge in [-0.2, -0.15) is 0 Å². The summed E-state index contributed by atoms with van der Waals surface area (Å²) in [6.45, 7) is 14.5. The highest BCUT2D eigenvalue weighted by atomic mass is 32.1. The summed E-state index contributed by atoms with van der Waals surface area (Å²) in [5, 5.41) is 61.1. The van der Waals surface area contributed by atoms with Crippen LogP contribution in [0.15, 0.2) is 36.1 Å². The van der Waals surface area contributed by atoms with E-state index in [0.29, 0.717) is 28.4 Å². The molecule has 0 aliphatic carbocycles. The van der Waals surface area contributed by atoms with Crippen molar-refractivity contribution >= 4 is 54.8 Å². The molecule has 0 unspecified atom stereocenters. The molecule has 1 amide bonds. The number of fused-ring (bicyclic) bond motifs is 1. The highest BCUT2D eigenvalue weighted by molar-refractivity contribution is 7.23. The number of allylic oxidation sites excluding steroid dienone is 2. The number of hydrogen-bond acceptors (Lipinski definition) is 14. The number of aromatic hydroxyl groups is 2. The Bertz CT molecular complexity index is 2110. The van der Waals surface area contributed by atoms with Gasteiger partial charge < -0.3 is 54.9 Å². The zero-order valence-electron chi connectivity index (χ0n) is 33.4. The van der Waals surface area contributed by atoms with Gasteiger partial charge in [-0.25, -0.2) is 4.98 Å². The molecule has 6 N–H and O–H groups in total. The molecule has 0 radical (unpaired) electrons. The number of nitrogens with one attached hydrogen (secondary N) is 1. The number of carbonyl (C=O) groups is 2. The van der Waals surface area contributed by atoms with E-state index in [1.54, 1.807) is 65.8 Å². The Morgan fingerprint density at radius 1 is 0.929 bits per heavy atom. The number of aliphatic hydroxyl groups is 3. The molecular formula is C41H54N4O10S. The molecule has 15 heteroatoms. The molecule has 4 heterocycles. The fourth-order valence-corrected chi connectivity index (χ4v) is 8.98. The second-order valence-electron chi connectivity index (χ2n) is 15.7. The summed E-state index contributed by atoms with van der Waals surface area (Å²) < 4.78 is 18.3. The molecule has 3 aliphatic rings. The predicted octanol–water partition coefficient (Wildman–Crippen LogP) is 4.84. The molecule has 0 saturated carbocycles. The van der Waals surface area contributed by atoms with Crippen molar-refractivity contribution in [2.75, 3.05) is 50.6 Å². The SMILES string of the molecule is CO[C@H]1/C=C/O[C@@]2(C)Oc3c(C)c(O)c4c(O)c(c5sc(N6CCN(C)CC6)nc5c4c3C2=O)NC(=O)/C(C)=C\C=C\[C@H](C)[C@H](O)[C@@H](C)[C@@H](O)[C@@H](C)[C@H](O)[C@@H]1C. The first kappa shape index (κ1) is 41.4. The first-order valence-electron chi connectivity index (χ1n) is 19.0. The summed E-state index contributed by atoms with van der Waals surface area (Å²) in [6, 6.07) is 0. The van der Waals surface area contributed by atoms with Crippen molar-refractivity contribution in [3.05, 3.63) is 47.3 Å². The monoisotopic (exact) mass is 794 g/mol. The van der Waals surface area contributed by atoms with Gasteiger partial charge in [-0.1, -0.05) is 57.3 Å². The highest BCUT2D eigenvalue weighted by Crippen LogP contribution is 2.55. The lowest BCUT2D eigenvalue weighted by molar-refractivity contribution is -0.112. The van der Waals surface area contributed by atoms with Gasteiger partial charge in [-0.15, -0.1) is 0 Å². The van der Waals surface area contributed by atoms with Crippen LogP contribution in [0.2, 0.25) is 0 Å². The van der Waals surface area contributed by atoms with Crippen LogP contribution in [0.25, 0.3) is 21.0 Å². The van der Waals surface area contributed by atoms with Crippen LogP contribution in [0, 0.1) is 30.6 Å². The maximum atomic E-state index is 14.5. The summed E-state index contributed by atoms with van der Waals surface area (Å²) in [4.78, 5) is 37.6. The van der Waals surface area contributed by atoms with Gasteiger partial charge in [0, 0.05) is 80.4 Å². The molecular weight excluding hydrogens is 741 g/mol. The van der Waals surface area contributed by atoms with Crippen molar-refractivity contribution in [3.8, 4) is 17.2 Å². The average Bonchev–Trinajstić information content (AvgIpc) is 3.73. The van der Waals surface area contributed by atoms with Crippen LogP contribution in [0.1, 0.15) is 57.5 Å². The number of piperazine rings is 1. The lowest BCUT2D eigenvalue weighted by Crippen LogP contribution is -2.44. The molecule has 1 aromatic heterocycles. The van der Waals surface area contributed by atoms with Crippen molar-refractivity contribution in [1.82, 2.24) is 9.88 Å². The van der Waals surface area contributed by atoms with Crippen LogP contribution in [-0.2, 0) is 14.3 Å². The van der Waals surface area contributed by atoms with E-state index in [-0.39, 0.29) is 44.7 Å². The number of thiazole rings is 1. The van der Waals surface area contributed by atoms with E-state index in [2.05, 4.69) is 15.1 Å². The van der Waals surface area contributed by atoms with E-state index in [1.165, 1.54) is 31.6 Å². The standard InChI is InChI=1S/C41H54N4O10S/c1-19-11-10-12-20(2)39(52)42-30-35(50)27-26(29-37(30)56-40(43-29)45-16-14-44(8)15-17-45)28-36(24(6)34(27)49)55-41(7,38(28)51)54-18-13-25(53-9)21(3)32(47)23(5)33(48)22(4)31(19)46/h10-13,18-19,21-23,25,31-33,46-50H,14-17H2,1-9H3,(H,42,52)/b11-10+,18-13+,20-12-/t19-,21+,22+,23-,25-,31-,32+,33+,41-/m0/s1. The summed E-state index contributed by atoms with van der Waals surface area (Å²) in [5.41, 5.74) is 0.846. The van der Waals surface area contributed by atoms with Crippen LogP contribution < -0.4 is 15.0 Å². The molecule has 1 fully saturated rings. The van der Waals surface area contributed by atoms with Crippen molar-refractivity contribution in [3.63, 3.8) is 0 Å².